The van der Waals surface area contributed by atoms with E-state index in [9.17, 15) is 9.90 Å². The Labute approximate surface area is 191 Å². The van der Waals surface area contributed by atoms with Crippen LogP contribution in [0, 0.1) is 0 Å². The van der Waals surface area contributed by atoms with Crippen molar-refractivity contribution >= 4 is 5.97 Å². The SMILES string of the molecule is C=C(CCCc1cc(C(C)(C)CCCCC)c(O)c(C(C)(C)CCCCC)c1)C(=O)O. The van der Waals surface area contributed by atoms with Gasteiger partial charge in [-0.15, -0.1) is 0 Å². The molecular weight excluding hydrogens is 384 g/mol. The van der Waals surface area contributed by atoms with Crippen LogP contribution in [-0.2, 0) is 22.0 Å². The summed E-state index contributed by atoms with van der Waals surface area (Å²) < 4.78 is 0. The highest BCUT2D eigenvalue weighted by Crippen LogP contribution is 2.44. The smallest absolute Gasteiger partial charge is 0.330 e. The van der Waals surface area contributed by atoms with E-state index in [1.165, 1.54) is 31.2 Å². The Bertz CT molecular complexity index is 685. The number of phenolic OH excluding ortho intramolecular Hbond substituents is 1. The van der Waals surface area contributed by atoms with Crippen molar-refractivity contribution in [2.45, 2.75) is 123 Å². The topological polar surface area (TPSA) is 57.5 Å². The van der Waals surface area contributed by atoms with Crippen LogP contribution < -0.4 is 0 Å². The second kappa shape index (κ2) is 12.3. The number of carbonyl (C=O) groups is 1. The molecule has 0 atom stereocenters. The molecule has 0 saturated carbocycles. The first-order chi connectivity index (χ1) is 14.5. The molecular formula is C28H46O3. The second-order valence-electron chi connectivity index (χ2n) is 10.5. The summed E-state index contributed by atoms with van der Waals surface area (Å²) in [5, 5.41) is 20.5. The normalized spacial score (nSPS) is 12.2. The van der Waals surface area contributed by atoms with E-state index in [1.54, 1.807) is 0 Å². The summed E-state index contributed by atoms with van der Waals surface area (Å²) in [5.74, 6) is -0.456. The maximum atomic E-state index is 11.4. The van der Waals surface area contributed by atoms with Crippen LogP contribution in [0.3, 0.4) is 0 Å². The molecule has 0 bridgehead atoms. The Balaban J connectivity index is 3.27. The highest BCUT2D eigenvalue weighted by Gasteiger charge is 2.31. The van der Waals surface area contributed by atoms with Gasteiger partial charge in [0.15, 0.2) is 0 Å². The Morgan fingerprint density at radius 3 is 1.71 bits per heavy atom. The van der Waals surface area contributed by atoms with Gasteiger partial charge in [0, 0.05) is 16.7 Å². The molecule has 2 N–H and O–H groups in total. The molecule has 0 aliphatic heterocycles. The van der Waals surface area contributed by atoms with E-state index in [0.717, 1.165) is 49.7 Å². The van der Waals surface area contributed by atoms with Crippen molar-refractivity contribution in [1.82, 2.24) is 0 Å². The average Bonchev–Trinajstić information content (AvgIpc) is 2.68. The summed E-state index contributed by atoms with van der Waals surface area (Å²) in [6, 6.07) is 4.33. The van der Waals surface area contributed by atoms with Gasteiger partial charge < -0.3 is 10.2 Å². The molecule has 1 aromatic carbocycles. The number of aryl methyl sites for hydroxylation is 1. The maximum absolute atomic E-state index is 11.4. The Morgan fingerprint density at radius 2 is 1.32 bits per heavy atom. The van der Waals surface area contributed by atoms with Crippen LogP contribution in [0.5, 0.6) is 5.75 Å². The first-order valence-electron chi connectivity index (χ1n) is 12.2. The van der Waals surface area contributed by atoms with E-state index in [-0.39, 0.29) is 16.4 Å². The zero-order chi connectivity index (χ0) is 23.7. The van der Waals surface area contributed by atoms with Crippen LogP contribution in [0.4, 0.5) is 0 Å². The molecule has 1 aromatic rings. The van der Waals surface area contributed by atoms with Gasteiger partial charge in [-0.3, -0.25) is 0 Å². The zero-order valence-electron chi connectivity index (χ0n) is 20.9. The maximum Gasteiger partial charge on any atom is 0.330 e. The molecule has 3 nitrogen and oxygen atoms in total. The first kappa shape index (κ1) is 27.3. The number of phenols is 1. The third-order valence-electron chi connectivity index (χ3n) is 6.69. The molecule has 0 aliphatic carbocycles. The Kier molecular flexibility index (Phi) is 10.8. The quantitative estimate of drug-likeness (QED) is 0.218. The van der Waals surface area contributed by atoms with Crippen molar-refractivity contribution < 1.29 is 15.0 Å². The molecule has 0 radical (unpaired) electrons. The number of unbranched alkanes of at least 4 members (excludes halogenated alkanes) is 4. The van der Waals surface area contributed by atoms with Crippen molar-refractivity contribution in [1.29, 1.82) is 0 Å². The molecule has 1 rings (SSSR count). The minimum absolute atomic E-state index is 0.103. The first-order valence-corrected chi connectivity index (χ1v) is 12.2. The fourth-order valence-electron chi connectivity index (χ4n) is 4.39. The van der Waals surface area contributed by atoms with E-state index in [0.29, 0.717) is 12.2 Å². The van der Waals surface area contributed by atoms with E-state index in [1.807, 2.05) is 0 Å². The fraction of sp³-hybridized carbons (Fsp3) is 0.679. The molecule has 31 heavy (non-hydrogen) atoms. The number of rotatable bonds is 15. The van der Waals surface area contributed by atoms with Crippen LogP contribution in [0.1, 0.15) is 122 Å². The van der Waals surface area contributed by atoms with Gasteiger partial charge in [0.25, 0.3) is 0 Å². The minimum atomic E-state index is -0.916. The van der Waals surface area contributed by atoms with Gasteiger partial charge in [-0.05, 0) is 48.5 Å². The number of hydrogen-bond acceptors (Lipinski definition) is 2. The summed E-state index contributed by atoms with van der Waals surface area (Å²) in [4.78, 5) is 11.1. The number of benzene rings is 1. The lowest BCUT2D eigenvalue weighted by Gasteiger charge is -2.33. The van der Waals surface area contributed by atoms with Crippen LogP contribution in [-0.4, -0.2) is 16.2 Å². The second-order valence-corrected chi connectivity index (χ2v) is 10.5. The fourth-order valence-corrected chi connectivity index (χ4v) is 4.39. The Morgan fingerprint density at radius 1 is 0.871 bits per heavy atom. The monoisotopic (exact) mass is 430 g/mol. The predicted octanol–water partition coefficient (Wildman–Crippen LogP) is 8.07. The summed E-state index contributed by atoms with van der Waals surface area (Å²) >= 11 is 0. The van der Waals surface area contributed by atoms with E-state index in [4.69, 9.17) is 5.11 Å². The van der Waals surface area contributed by atoms with E-state index >= 15 is 0 Å². The molecule has 0 amide bonds. The molecule has 176 valence electrons. The molecule has 0 unspecified atom stereocenters. The van der Waals surface area contributed by atoms with Gasteiger partial charge in [0.05, 0.1) is 0 Å². The van der Waals surface area contributed by atoms with Crippen LogP contribution in [0.15, 0.2) is 24.3 Å². The van der Waals surface area contributed by atoms with Gasteiger partial charge in [0.1, 0.15) is 5.75 Å². The zero-order valence-corrected chi connectivity index (χ0v) is 20.9. The van der Waals surface area contributed by atoms with Crippen molar-refractivity contribution in [3.63, 3.8) is 0 Å². The summed E-state index contributed by atoms with van der Waals surface area (Å²) in [7, 11) is 0. The van der Waals surface area contributed by atoms with Gasteiger partial charge in [-0.25, -0.2) is 4.79 Å². The third-order valence-corrected chi connectivity index (χ3v) is 6.69. The summed E-state index contributed by atoms with van der Waals surface area (Å²) in [6.45, 7) is 17.0. The predicted molar refractivity (Wildman–Crippen MR) is 132 cm³/mol. The number of carboxylic acids is 1. The largest absolute Gasteiger partial charge is 0.507 e. The number of hydrogen-bond donors (Lipinski definition) is 2. The average molecular weight is 431 g/mol. The highest BCUT2D eigenvalue weighted by atomic mass is 16.4. The molecule has 0 aliphatic rings. The molecule has 3 heteroatoms. The number of aromatic hydroxyl groups is 1. The van der Waals surface area contributed by atoms with Gasteiger partial charge in [-0.1, -0.05) is 98.8 Å². The minimum Gasteiger partial charge on any atom is -0.507 e. The third kappa shape index (κ3) is 8.35. The van der Waals surface area contributed by atoms with Crippen molar-refractivity contribution in [2.24, 2.45) is 0 Å². The van der Waals surface area contributed by atoms with Crippen molar-refractivity contribution in [3.05, 3.63) is 41.0 Å². The number of aliphatic carboxylic acids is 1. The van der Waals surface area contributed by atoms with Crippen molar-refractivity contribution in [3.8, 4) is 5.75 Å². The lowest BCUT2D eigenvalue weighted by molar-refractivity contribution is -0.132. The van der Waals surface area contributed by atoms with Gasteiger partial charge in [0.2, 0.25) is 0 Å². The molecule has 0 aromatic heterocycles. The van der Waals surface area contributed by atoms with Crippen LogP contribution in [0.25, 0.3) is 0 Å². The molecule has 0 spiro atoms. The molecule has 0 saturated heterocycles. The van der Waals surface area contributed by atoms with Crippen molar-refractivity contribution in [2.75, 3.05) is 0 Å². The highest BCUT2D eigenvalue weighted by molar-refractivity contribution is 5.85. The number of carboxylic acid groups (broad SMARTS) is 1. The molecule has 0 heterocycles. The van der Waals surface area contributed by atoms with Crippen LogP contribution >= 0.6 is 0 Å². The standard InChI is InChI=1S/C28H46O3/c1-8-10-12-17-27(4,5)23-19-22(16-14-15-21(3)26(30)31)20-24(25(23)29)28(6,7)18-13-11-9-2/h19-20,29H,3,8-18H2,1-2,4-7H3,(H,30,31). The van der Waals surface area contributed by atoms with E-state index < -0.39 is 5.97 Å². The van der Waals surface area contributed by atoms with E-state index in [2.05, 4.69) is 60.3 Å². The Hall–Kier alpha value is -1.77. The summed E-state index contributed by atoms with van der Waals surface area (Å²) in [6.07, 6.45) is 11.2. The lowest BCUT2D eigenvalue weighted by atomic mass is 9.73. The molecule has 0 fully saturated rings. The lowest BCUT2D eigenvalue weighted by Crippen LogP contribution is -2.22. The van der Waals surface area contributed by atoms with Gasteiger partial charge in [-0.2, -0.15) is 0 Å². The van der Waals surface area contributed by atoms with Crippen LogP contribution in [0.2, 0.25) is 0 Å². The van der Waals surface area contributed by atoms with Gasteiger partial charge >= 0.3 is 5.97 Å². The summed E-state index contributed by atoms with van der Waals surface area (Å²) in [5.41, 5.74) is 3.32.